The van der Waals surface area contributed by atoms with E-state index in [-0.39, 0.29) is 35.6 Å². The van der Waals surface area contributed by atoms with Crippen molar-refractivity contribution in [3.8, 4) is 0 Å². The predicted molar refractivity (Wildman–Crippen MR) is 102 cm³/mol. The first-order chi connectivity index (χ1) is 12.4. The summed E-state index contributed by atoms with van der Waals surface area (Å²) in [7, 11) is 0. The average Bonchev–Trinajstić information content (AvgIpc) is 2.61. The molecule has 150 valence electrons. The van der Waals surface area contributed by atoms with Crippen LogP contribution in [0.15, 0.2) is 0 Å². The standard InChI is InChI=1S/C22H38O4/c1-6-8-10-25-21(23)19-17-13-16(14(3)4)18(12-15(17)5)20(19)22(24)26-11-9-7-2/h14-20H,6-13H2,1-5H3/t15?,16?,17?,18?,19-,20-/m0/s1. The maximum absolute atomic E-state index is 13.0. The summed E-state index contributed by atoms with van der Waals surface area (Å²) in [6, 6.07) is 0. The minimum atomic E-state index is -0.316. The van der Waals surface area contributed by atoms with Crippen molar-refractivity contribution in [2.24, 2.45) is 41.4 Å². The lowest BCUT2D eigenvalue weighted by Gasteiger charge is -2.54. The second-order valence-corrected chi connectivity index (χ2v) is 8.78. The van der Waals surface area contributed by atoms with E-state index in [2.05, 4.69) is 34.6 Å². The van der Waals surface area contributed by atoms with Crippen LogP contribution in [0.1, 0.15) is 73.1 Å². The van der Waals surface area contributed by atoms with Gasteiger partial charge in [0.15, 0.2) is 0 Å². The van der Waals surface area contributed by atoms with Crippen LogP contribution in [-0.2, 0) is 19.1 Å². The number of hydrogen-bond donors (Lipinski definition) is 0. The molecule has 3 fully saturated rings. The van der Waals surface area contributed by atoms with Crippen molar-refractivity contribution in [3.05, 3.63) is 0 Å². The van der Waals surface area contributed by atoms with E-state index < -0.39 is 0 Å². The lowest BCUT2D eigenvalue weighted by atomic mass is 9.49. The first kappa shape index (κ1) is 21.2. The molecule has 0 saturated heterocycles. The van der Waals surface area contributed by atoms with Crippen LogP contribution < -0.4 is 0 Å². The molecule has 3 aliphatic carbocycles. The van der Waals surface area contributed by atoms with Gasteiger partial charge in [-0.05, 0) is 55.3 Å². The van der Waals surface area contributed by atoms with Gasteiger partial charge in [0.1, 0.15) is 0 Å². The normalized spacial score (nSPS) is 33.3. The van der Waals surface area contributed by atoms with Crippen LogP contribution in [0.3, 0.4) is 0 Å². The largest absolute Gasteiger partial charge is 0.465 e. The number of unbranched alkanes of at least 4 members (excludes halogenated alkanes) is 2. The summed E-state index contributed by atoms with van der Waals surface area (Å²) in [4.78, 5) is 25.9. The van der Waals surface area contributed by atoms with Crippen LogP contribution in [0, 0.1) is 41.4 Å². The third kappa shape index (κ3) is 4.61. The molecule has 26 heavy (non-hydrogen) atoms. The molecule has 0 radical (unpaired) electrons. The van der Waals surface area contributed by atoms with Gasteiger partial charge < -0.3 is 9.47 Å². The Hall–Kier alpha value is -1.06. The van der Waals surface area contributed by atoms with Crippen LogP contribution in [-0.4, -0.2) is 25.2 Å². The first-order valence-electron chi connectivity index (χ1n) is 10.8. The molecule has 0 aliphatic heterocycles. The highest BCUT2D eigenvalue weighted by Crippen LogP contribution is 2.56. The van der Waals surface area contributed by atoms with Gasteiger partial charge in [-0.3, -0.25) is 9.59 Å². The molecule has 3 rings (SSSR count). The highest BCUT2D eigenvalue weighted by molar-refractivity contribution is 5.83. The summed E-state index contributed by atoms with van der Waals surface area (Å²) in [6.07, 6.45) is 5.82. The zero-order valence-electron chi connectivity index (χ0n) is 17.3. The molecule has 0 heterocycles. The molecule has 0 aromatic rings. The summed E-state index contributed by atoms with van der Waals surface area (Å²) < 4.78 is 11.2. The maximum Gasteiger partial charge on any atom is 0.310 e. The lowest BCUT2D eigenvalue weighted by Crippen LogP contribution is -2.55. The fraction of sp³-hybridized carbons (Fsp3) is 0.909. The van der Waals surface area contributed by atoms with Crippen LogP contribution in [0.2, 0.25) is 0 Å². The zero-order valence-corrected chi connectivity index (χ0v) is 17.3. The van der Waals surface area contributed by atoms with Gasteiger partial charge in [-0.2, -0.15) is 0 Å². The van der Waals surface area contributed by atoms with Crippen LogP contribution >= 0.6 is 0 Å². The summed E-state index contributed by atoms with van der Waals surface area (Å²) in [5.74, 6) is 1.02. The molecular weight excluding hydrogens is 328 g/mol. The second kappa shape index (κ2) is 9.75. The third-order valence-electron chi connectivity index (χ3n) is 6.66. The third-order valence-corrected chi connectivity index (χ3v) is 6.66. The Morgan fingerprint density at radius 3 is 1.85 bits per heavy atom. The van der Waals surface area contributed by atoms with Crippen molar-refractivity contribution in [2.75, 3.05) is 13.2 Å². The molecule has 6 atom stereocenters. The number of ether oxygens (including phenoxy) is 2. The highest BCUT2D eigenvalue weighted by Gasteiger charge is 2.58. The lowest BCUT2D eigenvalue weighted by molar-refractivity contribution is -0.182. The summed E-state index contributed by atoms with van der Waals surface area (Å²) in [6.45, 7) is 11.8. The van der Waals surface area contributed by atoms with Crippen molar-refractivity contribution in [2.45, 2.75) is 73.1 Å². The van der Waals surface area contributed by atoms with E-state index in [9.17, 15) is 9.59 Å². The van der Waals surface area contributed by atoms with Gasteiger partial charge in [0.05, 0.1) is 25.0 Å². The topological polar surface area (TPSA) is 52.6 Å². The van der Waals surface area contributed by atoms with Gasteiger partial charge in [0, 0.05) is 0 Å². The summed E-state index contributed by atoms with van der Waals surface area (Å²) >= 11 is 0. The Morgan fingerprint density at radius 2 is 1.38 bits per heavy atom. The minimum absolute atomic E-state index is 0.164. The van der Waals surface area contributed by atoms with E-state index >= 15 is 0 Å². The zero-order chi connectivity index (χ0) is 19.3. The van der Waals surface area contributed by atoms with E-state index in [1.54, 1.807) is 0 Å². The van der Waals surface area contributed by atoms with Crippen molar-refractivity contribution >= 4 is 11.9 Å². The Morgan fingerprint density at radius 1 is 0.885 bits per heavy atom. The van der Waals surface area contributed by atoms with Gasteiger partial charge >= 0.3 is 11.9 Å². The van der Waals surface area contributed by atoms with Crippen molar-refractivity contribution in [1.82, 2.24) is 0 Å². The van der Waals surface area contributed by atoms with Gasteiger partial charge in [0.25, 0.3) is 0 Å². The van der Waals surface area contributed by atoms with E-state index in [0.717, 1.165) is 38.5 Å². The molecule has 2 bridgehead atoms. The molecular formula is C22H38O4. The van der Waals surface area contributed by atoms with Crippen molar-refractivity contribution < 1.29 is 19.1 Å². The smallest absolute Gasteiger partial charge is 0.310 e. The van der Waals surface area contributed by atoms with Crippen molar-refractivity contribution in [3.63, 3.8) is 0 Å². The molecule has 0 amide bonds. The maximum atomic E-state index is 13.0. The molecule has 0 spiro atoms. The molecule has 4 heteroatoms. The molecule has 4 unspecified atom stereocenters. The molecule has 0 aromatic carbocycles. The quantitative estimate of drug-likeness (QED) is 0.432. The average molecular weight is 367 g/mol. The fourth-order valence-electron chi connectivity index (χ4n) is 5.18. The van der Waals surface area contributed by atoms with Gasteiger partial charge in [-0.25, -0.2) is 0 Å². The fourth-order valence-corrected chi connectivity index (χ4v) is 5.18. The van der Waals surface area contributed by atoms with Crippen LogP contribution in [0.5, 0.6) is 0 Å². The van der Waals surface area contributed by atoms with Crippen molar-refractivity contribution in [1.29, 1.82) is 0 Å². The van der Waals surface area contributed by atoms with Crippen LogP contribution in [0.4, 0.5) is 0 Å². The summed E-state index contributed by atoms with van der Waals surface area (Å²) in [5, 5.41) is 0. The number of esters is 2. The predicted octanol–water partition coefficient (Wildman–Crippen LogP) is 4.85. The first-order valence-corrected chi connectivity index (χ1v) is 10.8. The number of carbonyl (C=O) groups is 2. The molecule has 3 aliphatic rings. The molecule has 4 nitrogen and oxygen atoms in total. The monoisotopic (exact) mass is 366 g/mol. The molecule has 3 saturated carbocycles. The molecule has 0 N–H and O–H groups in total. The van der Waals surface area contributed by atoms with E-state index in [0.29, 0.717) is 31.0 Å². The minimum Gasteiger partial charge on any atom is -0.465 e. The second-order valence-electron chi connectivity index (χ2n) is 8.78. The number of rotatable bonds is 9. The van der Waals surface area contributed by atoms with Gasteiger partial charge in [0.2, 0.25) is 0 Å². The number of hydrogen-bond acceptors (Lipinski definition) is 4. The number of carbonyl (C=O) groups excluding carboxylic acids is 2. The molecule has 0 aromatic heterocycles. The van der Waals surface area contributed by atoms with Gasteiger partial charge in [-0.15, -0.1) is 0 Å². The Bertz CT molecular complexity index is 473. The Kier molecular flexibility index (Phi) is 7.97. The van der Waals surface area contributed by atoms with E-state index in [1.165, 1.54) is 0 Å². The Balaban J connectivity index is 2.20. The highest BCUT2D eigenvalue weighted by atomic mass is 16.5. The van der Waals surface area contributed by atoms with Gasteiger partial charge in [-0.1, -0.05) is 47.5 Å². The van der Waals surface area contributed by atoms with E-state index in [1.807, 2.05) is 0 Å². The summed E-state index contributed by atoms with van der Waals surface area (Å²) in [5.41, 5.74) is 0. The van der Waals surface area contributed by atoms with E-state index in [4.69, 9.17) is 9.47 Å². The Labute approximate surface area is 159 Å². The SMILES string of the molecule is CCCCOC(=O)[C@H]1C2CC(C(C)C)C(CC2C)[C@@H]1C(=O)OCCCC. The van der Waals surface area contributed by atoms with Crippen LogP contribution in [0.25, 0.3) is 0 Å². The number of fused-ring (bicyclic) bond motifs is 3.